The molecule has 0 amide bonds. The van der Waals surface area contributed by atoms with Crippen molar-refractivity contribution >= 4 is 23.0 Å². The van der Waals surface area contributed by atoms with Crippen LogP contribution in [0.1, 0.15) is 11.1 Å². The minimum Gasteiger partial charge on any atom is -0.382 e. The number of likely N-dealkylation sites (N-methyl/N-ethyl adjacent to an activating group) is 1. The molecule has 0 radical (unpaired) electrons. The van der Waals surface area contributed by atoms with Crippen molar-refractivity contribution in [2.24, 2.45) is 4.99 Å². The van der Waals surface area contributed by atoms with Crippen LogP contribution < -0.4 is 4.90 Å². The molecule has 1 aliphatic rings. The van der Waals surface area contributed by atoms with Crippen LogP contribution in [-0.2, 0) is 4.74 Å². The lowest BCUT2D eigenvalue weighted by Crippen LogP contribution is -2.37. The van der Waals surface area contributed by atoms with E-state index in [4.69, 9.17) is 21.3 Å². The van der Waals surface area contributed by atoms with E-state index < -0.39 is 0 Å². The number of ether oxygens (including phenoxy) is 1. The van der Waals surface area contributed by atoms with Gasteiger partial charge < -0.3 is 9.64 Å². The minimum atomic E-state index is 0.214. The molecule has 0 fully saturated rings. The molecular weight excluding hydrogens is 296 g/mol. The summed E-state index contributed by atoms with van der Waals surface area (Å²) >= 11 is 6.39. The highest BCUT2D eigenvalue weighted by molar-refractivity contribution is 6.35. The normalized spacial score (nSPS) is 17.7. The van der Waals surface area contributed by atoms with Crippen molar-refractivity contribution in [1.82, 2.24) is 0 Å². The Kier molecular flexibility index (Phi) is 4.46. The highest BCUT2D eigenvalue weighted by atomic mass is 35.5. The lowest BCUT2D eigenvalue weighted by atomic mass is 10.00. The number of aliphatic imine (C=N–C) groups is 1. The zero-order valence-corrected chi connectivity index (χ0v) is 13.5. The van der Waals surface area contributed by atoms with Crippen molar-refractivity contribution in [3.8, 4) is 0 Å². The molecule has 3 nitrogen and oxygen atoms in total. The van der Waals surface area contributed by atoms with Gasteiger partial charge in [0, 0.05) is 36.0 Å². The second-order valence-corrected chi connectivity index (χ2v) is 5.81. The van der Waals surface area contributed by atoms with E-state index in [0.717, 1.165) is 27.5 Å². The standard InChI is InChI=1S/C18H19ClN2O/c1-21-13(12-22-2)11-20-18(14-7-3-5-9-16(14)19)15-8-4-6-10-17(15)21/h3-10,13H,11-12H2,1-2H3. The maximum Gasteiger partial charge on any atom is 0.0755 e. The van der Waals surface area contributed by atoms with E-state index in [-0.39, 0.29) is 6.04 Å². The molecule has 0 aromatic heterocycles. The Morgan fingerprint density at radius 2 is 1.82 bits per heavy atom. The molecule has 0 saturated heterocycles. The van der Waals surface area contributed by atoms with Crippen molar-refractivity contribution in [2.75, 3.05) is 32.2 Å². The summed E-state index contributed by atoms with van der Waals surface area (Å²) in [5, 5.41) is 0.726. The van der Waals surface area contributed by atoms with Gasteiger partial charge in [0.05, 0.1) is 24.9 Å². The van der Waals surface area contributed by atoms with E-state index >= 15 is 0 Å². The first-order chi connectivity index (χ1) is 10.7. The SMILES string of the molecule is COCC1CN=C(c2ccccc2Cl)c2ccccc2N1C. The number of hydrogen-bond donors (Lipinski definition) is 0. The van der Waals surface area contributed by atoms with Crippen molar-refractivity contribution in [3.63, 3.8) is 0 Å². The highest BCUT2D eigenvalue weighted by Crippen LogP contribution is 2.29. The van der Waals surface area contributed by atoms with Gasteiger partial charge in [0.25, 0.3) is 0 Å². The summed E-state index contributed by atoms with van der Waals surface area (Å²) in [6.07, 6.45) is 0. The molecule has 4 heteroatoms. The van der Waals surface area contributed by atoms with E-state index in [0.29, 0.717) is 13.2 Å². The molecule has 1 unspecified atom stereocenters. The smallest absolute Gasteiger partial charge is 0.0755 e. The van der Waals surface area contributed by atoms with Crippen molar-refractivity contribution in [1.29, 1.82) is 0 Å². The molecule has 1 heterocycles. The quantitative estimate of drug-likeness (QED) is 0.864. The number of anilines is 1. The second-order valence-electron chi connectivity index (χ2n) is 5.41. The third kappa shape index (κ3) is 2.74. The van der Waals surface area contributed by atoms with Gasteiger partial charge in [0.15, 0.2) is 0 Å². The maximum absolute atomic E-state index is 6.39. The summed E-state index contributed by atoms with van der Waals surface area (Å²) in [6.45, 7) is 1.32. The lowest BCUT2D eigenvalue weighted by Gasteiger charge is -2.28. The van der Waals surface area contributed by atoms with Gasteiger partial charge in [0.2, 0.25) is 0 Å². The Morgan fingerprint density at radius 3 is 2.55 bits per heavy atom. The number of hydrogen-bond acceptors (Lipinski definition) is 3. The fourth-order valence-corrected chi connectivity index (χ4v) is 3.05. The minimum absolute atomic E-state index is 0.214. The van der Waals surface area contributed by atoms with Gasteiger partial charge in [-0.05, 0) is 12.1 Å². The molecule has 0 bridgehead atoms. The van der Waals surface area contributed by atoms with Crippen LogP contribution in [0.25, 0.3) is 0 Å². The Balaban J connectivity index is 2.14. The average molecular weight is 315 g/mol. The van der Waals surface area contributed by atoms with Gasteiger partial charge in [-0.25, -0.2) is 0 Å². The molecule has 114 valence electrons. The lowest BCUT2D eigenvalue weighted by molar-refractivity contribution is 0.180. The number of fused-ring (bicyclic) bond motifs is 1. The first-order valence-electron chi connectivity index (χ1n) is 7.33. The van der Waals surface area contributed by atoms with Crippen LogP contribution >= 0.6 is 11.6 Å². The molecule has 2 aromatic carbocycles. The number of para-hydroxylation sites is 1. The molecule has 22 heavy (non-hydrogen) atoms. The number of rotatable bonds is 3. The van der Waals surface area contributed by atoms with Crippen LogP contribution in [0.4, 0.5) is 5.69 Å². The molecule has 0 spiro atoms. The van der Waals surface area contributed by atoms with Gasteiger partial charge in [0.1, 0.15) is 0 Å². The molecule has 1 atom stereocenters. The van der Waals surface area contributed by atoms with E-state index in [1.54, 1.807) is 7.11 Å². The highest BCUT2D eigenvalue weighted by Gasteiger charge is 2.24. The van der Waals surface area contributed by atoms with Crippen molar-refractivity contribution < 1.29 is 4.74 Å². The Labute approximate surface area is 136 Å². The number of methoxy groups -OCH3 is 1. The van der Waals surface area contributed by atoms with E-state index in [1.165, 1.54) is 0 Å². The molecule has 1 aliphatic heterocycles. The Hall–Kier alpha value is -1.84. The van der Waals surface area contributed by atoms with Crippen LogP contribution in [0, 0.1) is 0 Å². The fraction of sp³-hybridized carbons (Fsp3) is 0.278. The first kappa shape index (κ1) is 15.1. The molecule has 3 rings (SSSR count). The topological polar surface area (TPSA) is 24.8 Å². The number of halogens is 1. The Morgan fingerprint density at radius 1 is 1.14 bits per heavy atom. The summed E-state index contributed by atoms with van der Waals surface area (Å²) in [6, 6.07) is 16.4. The summed E-state index contributed by atoms with van der Waals surface area (Å²) in [4.78, 5) is 7.10. The van der Waals surface area contributed by atoms with Crippen LogP contribution in [0.15, 0.2) is 53.5 Å². The molecule has 0 saturated carbocycles. The molecule has 0 N–H and O–H groups in total. The second kappa shape index (κ2) is 6.51. The van der Waals surface area contributed by atoms with Gasteiger partial charge in [-0.2, -0.15) is 0 Å². The third-order valence-electron chi connectivity index (χ3n) is 4.04. The third-order valence-corrected chi connectivity index (χ3v) is 4.36. The van der Waals surface area contributed by atoms with Gasteiger partial charge in [-0.15, -0.1) is 0 Å². The zero-order chi connectivity index (χ0) is 15.5. The van der Waals surface area contributed by atoms with Gasteiger partial charge in [-0.3, -0.25) is 4.99 Å². The predicted molar refractivity (Wildman–Crippen MR) is 92.5 cm³/mol. The predicted octanol–water partition coefficient (Wildman–Crippen LogP) is 3.64. The maximum atomic E-state index is 6.39. The molecular formula is C18H19ClN2O. The summed E-state index contributed by atoms with van der Waals surface area (Å²) < 4.78 is 5.35. The van der Waals surface area contributed by atoms with Gasteiger partial charge in [-0.1, -0.05) is 48.0 Å². The molecule has 2 aromatic rings. The van der Waals surface area contributed by atoms with E-state index in [9.17, 15) is 0 Å². The van der Waals surface area contributed by atoms with Crippen LogP contribution in [0.5, 0.6) is 0 Å². The molecule has 0 aliphatic carbocycles. The van der Waals surface area contributed by atoms with Crippen LogP contribution in [0.3, 0.4) is 0 Å². The monoisotopic (exact) mass is 314 g/mol. The summed E-state index contributed by atoms with van der Waals surface area (Å²) in [5.41, 5.74) is 4.19. The van der Waals surface area contributed by atoms with Crippen LogP contribution in [-0.4, -0.2) is 39.1 Å². The average Bonchev–Trinajstić information content (AvgIpc) is 2.67. The van der Waals surface area contributed by atoms with E-state index in [2.05, 4.69) is 30.1 Å². The first-order valence-corrected chi connectivity index (χ1v) is 7.70. The van der Waals surface area contributed by atoms with Crippen LogP contribution in [0.2, 0.25) is 5.02 Å². The number of nitrogens with zero attached hydrogens (tertiary/aromatic N) is 2. The van der Waals surface area contributed by atoms with E-state index in [1.807, 2.05) is 30.3 Å². The number of benzodiazepines with no additional fused rings is 1. The summed E-state index contributed by atoms with van der Waals surface area (Å²) in [7, 11) is 3.82. The van der Waals surface area contributed by atoms with Crippen molar-refractivity contribution in [3.05, 3.63) is 64.7 Å². The zero-order valence-electron chi connectivity index (χ0n) is 12.8. The van der Waals surface area contributed by atoms with Crippen molar-refractivity contribution in [2.45, 2.75) is 6.04 Å². The fourth-order valence-electron chi connectivity index (χ4n) is 2.82. The number of benzene rings is 2. The van der Waals surface area contributed by atoms with Gasteiger partial charge >= 0.3 is 0 Å². The Bertz CT molecular complexity index is 699. The summed E-state index contributed by atoms with van der Waals surface area (Å²) in [5.74, 6) is 0. The largest absolute Gasteiger partial charge is 0.382 e.